The summed E-state index contributed by atoms with van der Waals surface area (Å²) < 4.78 is 0. The molecule has 6 N–H and O–H groups in total. The summed E-state index contributed by atoms with van der Waals surface area (Å²) in [6, 6.07) is 5.76. The van der Waals surface area contributed by atoms with Gasteiger partial charge in [-0.15, -0.1) is 0 Å². The lowest BCUT2D eigenvalue weighted by Gasteiger charge is -2.25. The van der Waals surface area contributed by atoms with Gasteiger partial charge in [0.05, 0.1) is 26.2 Å². The van der Waals surface area contributed by atoms with Gasteiger partial charge in [-0.05, 0) is 57.7 Å². The second kappa shape index (κ2) is 19.1. The third-order valence-corrected chi connectivity index (χ3v) is 6.66. The number of nitrogens with one attached hydrogen (secondary N) is 2. The van der Waals surface area contributed by atoms with Crippen LogP contribution in [0.15, 0.2) is 24.3 Å². The fourth-order valence-corrected chi connectivity index (χ4v) is 4.33. The number of amides is 2. The van der Waals surface area contributed by atoms with Gasteiger partial charge < -0.3 is 31.1 Å². The number of carboxylic acids is 4. The Kier molecular flexibility index (Phi) is 16.4. The molecule has 0 saturated heterocycles. The van der Waals surface area contributed by atoms with E-state index < -0.39 is 23.9 Å². The zero-order valence-electron chi connectivity index (χ0n) is 24.1. The number of carbonyl (C=O) groups is 6. The van der Waals surface area contributed by atoms with Crippen LogP contribution in [0.5, 0.6) is 0 Å². The largest absolute Gasteiger partial charge is 0.480 e. The Balaban J connectivity index is 2.43. The Morgan fingerprint density at radius 2 is 0.952 bits per heavy atom. The predicted octanol–water partition coefficient (Wildman–Crippen LogP) is 1.21. The third-order valence-electron chi connectivity index (χ3n) is 6.66. The highest BCUT2D eigenvalue weighted by molar-refractivity contribution is 5.99. The molecule has 0 saturated carbocycles. The van der Waals surface area contributed by atoms with Crippen molar-refractivity contribution in [2.75, 3.05) is 39.3 Å². The van der Waals surface area contributed by atoms with Crippen molar-refractivity contribution in [1.29, 1.82) is 0 Å². The Hall–Kier alpha value is -4.04. The topological polar surface area (TPSA) is 214 Å². The average Bonchev–Trinajstić information content (AvgIpc) is 2.90. The summed E-state index contributed by atoms with van der Waals surface area (Å²) >= 11 is 0. The summed E-state index contributed by atoms with van der Waals surface area (Å²) in [7, 11) is 0. The molecule has 0 aromatic heterocycles. The number of aliphatic carboxylic acids is 4. The quantitative estimate of drug-likeness (QED) is 0.105. The molecule has 0 spiro atoms. The van der Waals surface area contributed by atoms with Gasteiger partial charge in [-0.1, -0.05) is 18.9 Å². The lowest BCUT2D eigenvalue weighted by atomic mass is 10.1. The van der Waals surface area contributed by atoms with Crippen molar-refractivity contribution in [3.05, 3.63) is 35.4 Å². The summed E-state index contributed by atoms with van der Waals surface area (Å²) in [4.78, 5) is 71.8. The van der Waals surface area contributed by atoms with Crippen LogP contribution in [0, 0.1) is 0 Å². The van der Waals surface area contributed by atoms with E-state index in [1.165, 1.54) is 15.9 Å². The van der Waals surface area contributed by atoms with E-state index in [9.17, 15) is 28.8 Å². The molecule has 2 amide bonds. The van der Waals surface area contributed by atoms with Gasteiger partial charge in [0, 0.05) is 36.3 Å². The molecule has 0 heterocycles. The SMILES string of the molecule is C[C@H](CCCCNC(=O)c1cccc(C(=O)NCCCC[C@@H](C)N(CC(=O)O)CC(=O)O)c1)N(CC(=O)O)CC(=O)O. The van der Waals surface area contributed by atoms with Crippen LogP contribution < -0.4 is 10.6 Å². The molecule has 14 nitrogen and oxygen atoms in total. The van der Waals surface area contributed by atoms with Crippen LogP contribution >= 0.6 is 0 Å². The van der Waals surface area contributed by atoms with Gasteiger partial charge >= 0.3 is 23.9 Å². The molecule has 2 atom stereocenters. The molecule has 14 heteroatoms. The molecular weight excluding hydrogens is 552 g/mol. The zero-order chi connectivity index (χ0) is 31.7. The summed E-state index contributed by atoms with van der Waals surface area (Å²) in [6.45, 7) is 2.78. The molecular formula is C28H42N4O10. The molecule has 234 valence electrons. The van der Waals surface area contributed by atoms with E-state index >= 15 is 0 Å². The van der Waals surface area contributed by atoms with Gasteiger partial charge in [-0.3, -0.25) is 38.6 Å². The lowest BCUT2D eigenvalue weighted by Crippen LogP contribution is -2.40. The van der Waals surface area contributed by atoms with E-state index in [4.69, 9.17) is 20.4 Å². The smallest absolute Gasteiger partial charge is 0.317 e. The molecule has 42 heavy (non-hydrogen) atoms. The van der Waals surface area contributed by atoms with E-state index in [1.807, 2.05) is 0 Å². The van der Waals surface area contributed by atoms with Crippen molar-refractivity contribution in [2.24, 2.45) is 0 Å². The van der Waals surface area contributed by atoms with Crippen LogP contribution in [0.4, 0.5) is 0 Å². The maximum atomic E-state index is 12.6. The Labute approximate surface area is 244 Å². The third kappa shape index (κ3) is 15.1. The number of carboxylic acid groups (broad SMARTS) is 4. The zero-order valence-corrected chi connectivity index (χ0v) is 24.1. The summed E-state index contributed by atoms with van der Waals surface area (Å²) in [5.74, 6) is -5.10. The van der Waals surface area contributed by atoms with Crippen LogP contribution in [0.1, 0.15) is 73.1 Å². The molecule has 0 unspecified atom stereocenters. The number of benzene rings is 1. The molecule has 1 aromatic rings. The Bertz CT molecular complexity index is 969. The minimum Gasteiger partial charge on any atom is -0.480 e. The van der Waals surface area contributed by atoms with Gasteiger partial charge in [0.1, 0.15) is 0 Å². The van der Waals surface area contributed by atoms with Crippen LogP contribution in [0.25, 0.3) is 0 Å². The Morgan fingerprint density at radius 3 is 1.26 bits per heavy atom. The number of hydrogen-bond donors (Lipinski definition) is 6. The number of unbranched alkanes of at least 4 members (excludes halogenated alkanes) is 2. The van der Waals surface area contributed by atoms with Crippen LogP contribution in [-0.2, 0) is 19.2 Å². The second-order valence-corrected chi connectivity index (χ2v) is 10.2. The van der Waals surface area contributed by atoms with Gasteiger partial charge in [-0.25, -0.2) is 0 Å². The molecule has 0 radical (unpaired) electrons. The van der Waals surface area contributed by atoms with Crippen molar-refractivity contribution in [1.82, 2.24) is 20.4 Å². The van der Waals surface area contributed by atoms with Crippen LogP contribution in [0.2, 0.25) is 0 Å². The first kappa shape index (κ1) is 36.0. The summed E-state index contributed by atoms with van der Waals surface area (Å²) in [5.41, 5.74) is 0.631. The minimum atomic E-state index is -1.10. The molecule has 0 aliphatic heterocycles. The second-order valence-electron chi connectivity index (χ2n) is 10.2. The van der Waals surface area contributed by atoms with Crippen molar-refractivity contribution in [3.63, 3.8) is 0 Å². The van der Waals surface area contributed by atoms with Crippen molar-refractivity contribution in [3.8, 4) is 0 Å². The average molecular weight is 595 g/mol. The summed E-state index contributed by atoms with van der Waals surface area (Å²) in [6.07, 6.45) is 3.63. The van der Waals surface area contributed by atoms with E-state index in [2.05, 4.69) is 10.6 Å². The first-order chi connectivity index (χ1) is 19.8. The lowest BCUT2D eigenvalue weighted by molar-refractivity contribution is -0.144. The first-order valence-electron chi connectivity index (χ1n) is 13.8. The van der Waals surface area contributed by atoms with Gasteiger partial charge in [0.15, 0.2) is 0 Å². The van der Waals surface area contributed by atoms with Crippen molar-refractivity contribution in [2.45, 2.75) is 64.5 Å². The highest BCUT2D eigenvalue weighted by Crippen LogP contribution is 2.11. The molecule has 1 aromatic carbocycles. The predicted molar refractivity (Wildman–Crippen MR) is 151 cm³/mol. The Morgan fingerprint density at radius 1 is 0.619 bits per heavy atom. The number of rotatable bonds is 22. The maximum absolute atomic E-state index is 12.6. The molecule has 0 fully saturated rings. The number of carbonyl (C=O) groups excluding carboxylic acids is 2. The van der Waals surface area contributed by atoms with E-state index in [-0.39, 0.29) is 50.1 Å². The minimum absolute atomic E-state index is 0.255. The van der Waals surface area contributed by atoms with Crippen LogP contribution in [0.3, 0.4) is 0 Å². The molecule has 0 aliphatic carbocycles. The standard InChI is InChI=1S/C28H42N4O10/c1-19(31(15-23(33)34)16-24(35)36)8-3-5-12-29-27(41)21-10-7-11-22(14-21)28(42)30-13-6-4-9-20(2)32(17-25(37)38)18-26(39)40/h7,10-11,14,19-20H,3-6,8-9,12-13,15-18H2,1-2H3,(H,29,41)(H,30,42)(H,33,34)(H,35,36)(H,37,38)(H,39,40)/t19-,20-/m1/s1. The maximum Gasteiger partial charge on any atom is 0.317 e. The van der Waals surface area contributed by atoms with Crippen molar-refractivity contribution >= 4 is 35.7 Å². The highest BCUT2D eigenvalue weighted by atomic mass is 16.4. The fraction of sp³-hybridized carbons (Fsp3) is 0.571. The van der Waals surface area contributed by atoms with Gasteiger partial charge in [0.2, 0.25) is 0 Å². The van der Waals surface area contributed by atoms with Gasteiger partial charge in [-0.2, -0.15) is 0 Å². The monoisotopic (exact) mass is 594 g/mol. The van der Waals surface area contributed by atoms with E-state index in [1.54, 1.807) is 32.0 Å². The van der Waals surface area contributed by atoms with Crippen LogP contribution in [-0.4, -0.2) is 117 Å². The highest BCUT2D eigenvalue weighted by Gasteiger charge is 2.20. The molecule has 0 aliphatic rings. The first-order valence-corrected chi connectivity index (χ1v) is 13.8. The number of hydrogen-bond acceptors (Lipinski definition) is 8. The summed E-state index contributed by atoms with van der Waals surface area (Å²) in [5, 5.41) is 41.5. The molecule has 1 rings (SSSR count). The van der Waals surface area contributed by atoms with Gasteiger partial charge in [0.25, 0.3) is 11.8 Å². The van der Waals surface area contributed by atoms with Crippen molar-refractivity contribution < 1.29 is 49.2 Å². The van der Waals surface area contributed by atoms with E-state index in [0.717, 1.165) is 0 Å². The van der Waals surface area contributed by atoms with E-state index in [0.29, 0.717) is 62.7 Å². The number of nitrogens with zero attached hydrogens (tertiary/aromatic N) is 2. The normalized spacial score (nSPS) is 12.5. The molecule has 0 bridgehead atoms. The fourth-order valence-electron chi connectivity index (χ4n) is 4.33.